The van der Waals surface area contributed by atoms with Crippen LogP contribution < -0.4 is 9.64 Å². The highest BCUT2D eigenvalue weighted by Crippen LogP contribution is 2.46. The maximum absolute atomic E-state index is 12.7. The van der Waals surface area contributed by atoms with Crippen molar-refractivity contribution < 1.29 is 28.3 Å². The monoisotopic (exact) mass is 680 g/mol. The molecule has 1 saturated carbocycles. The molecule has 8 nitrogen and oxygen atoms in total. The standard InChI is InChI=1S/C35H31Cl3N2O6/c1-35(2,3)45-34(42)40(4)24-16-20(15-23(17-24)33(41)43-5)9-10-21-13-14-25(18-29(21)38)44-19-26-31(39-46-32(26)22-11-12-22)30-27(36)7-6-8-28(30)37/h6-8,13-18,22H,11-12,19H2,1-5H3. The van der Waals surface area contributed by atoms with E-state index in [1.807, 2.05) is 0 Å². The third-order valence-electron chi connectivity index (χ3n) is 7.03. The predicted molar refractivity (Wildman–Crippen MR) is 178 cm³/mol. The lowest BCUT2D eigenvalue weighted by molar-refractivity contribution is 0.0580. The molecule has 0 unspecified atom stereocenters. The Labute approximate surface area is 282 Å². The molecule has 3 aromatic carbocycles. The summed E-state index contributed by atoms with van der Waals surface area (Å²) in [6, 6.07) is 15.2. The van der Waals surface area contributed by atoms with Gasteiger partial charge in [0.25, 0.3) is 0 Å². The largest absolute Gasteiger partial charge is 0.489 e. The van der Waals surface area contributed by atoms with E-state index in [-0.39, 0.29) is 18.1 Å². The first-order valence-corrected chi connectivity index (χ1v) is 15.6. The third kappa shape index (κ3) is 7.79. The SMILES string of the molecule is COC(=O)c1cc(C#Cc2ccc(OCc3c(-c4c(Cl)cccc4Cl)noc3C3CC3)cc2Cl)cc(N(C)C(=O)OC(C)(C)C)c1. The molecule has 0 spiro atoms. The van der Waals surface area contributed by atoms with Gasteiger partial charge >= 0.3 is 12.1 Å². The third-order valence-corrected chi connectivity index (χ3v) is 7.97. The quantitative estimate of drug-likeness (QED) is 0.142. The van der Waals surface area contributed by atoms with E-state index in [4.69, 9.17) is 53.5 Å². The second-order valence-corrected chi connectivity index (χ2v) is 12.9. The molecule has 1 amide bonds. The van der Waals surface area contributed by atoms with Crippen LogP contribution in [0.25, 0.3) is 11.3 Å². The Morgan fingerprint density at radius 3 is 2.35 bits per heavy atom. The number of esters is 1. The van der Waals surface area contributed by atoms with Crippen LogP contribution >= 0.6 is 34.8 Å². The van der Waals surface area contributed by atoms with Crippen LogP contribution in [-0.2, 0) is 16.1 Å². The number of ether oxygens (including phenoxy) is 3. The molecule has 5 rings (SSSR count). The van der Waals surface area contributed by atoms with Gasteiger partial charge in [-0.25, -0.2) is 9.59 Å². The van der Waals surface area contributed by atoms with Crippen molar-refractivity contribution in [2.24, 2.45) is 0 Å². The molecule has 0 radical (unpaired) electrons. The highest BCUT2D eigenvalue weighted by Gasteiger charge is 2.33. The minimum atomic E-state index is -0.693. The average Bonchev–Trinajstić information content (AvgIpc) is 3.77. The van der Waals surface area contributed by atoms with E-state index >= 15 is 0 Å². The molecule has 46 heavy (non-hydrogen) atoms. The van der Waals surface area contributed by atoms with Gasteiger partial charge in [-0.15, -0.1) is 0 Å². The van der Waals surface area contributed by atoms with E-state index in [9.17, 15) is 9.59 Å². The van der Waals surface area contributed by atoms with Crippen molar-refractivity contribution in [2.75, 3.05) is 19.1 Å². The molecule has 1 heterocycles. The van der Waals surface area contributed by atoms with Gasteiger partial charge in [0.05, 0.1) is 33.3 Å². The van der Waals surface area contributed by atoms with E-state index in [1.165, 1.54) is 18.1 Å². The zero-order valence-electron chi connectivity index (χ0n) is 25.9. The van der Waals surface area contributed by atoms with Crippen LogP contribution in [0, 0.1) is 11.8 Å². The van der Waals surface area contributed by atoms with Gasteiger partial charge < -0.3 is 18.7 Å². The van der Waals surface area contributed by atoms with Crippen LogP contribution in [0.5, 0.6) is 5.75 Å². The number of halogens is 3. The van der Waals surface area contributed by atoms with E-state index in [1.54, 1.807) is 76.3 Å². The number of nitrogens with zero attached hydrogens (tertiary/aromatic N) is 2. The first kappa shape index (κ1) is 33.2. The maximum atomic E-state index is 12.7. The Morgan fingerprint density at radius 1 is 1.00 bits per heavy atom. The molecule has 1 fully saturated rings. The number of rotatable bonds is 7. The number of aromatic nitrogens is 1. The second-order valence-electron chi connectivity index (χ2n) is 11.7. The van der Waals surface area contributed by atoms with Gasteiger partial charge in [0.2, 0.25) is 0 Å². The Balaban J connectivity index is 1.38. The van der Waals surface area contributed by atoms with E-state index in [0.717, 1.165) is 24.2 Å². The Bertz CT molecular complexity index is 1840. The molecule has 0 bridgehead atoms. The number of carbonyl (C=O) groups excluding carboxylic acids is 2. The fraction of sp³-hybridized carbons (Fsp3) is 0.286. The normalized spacial score (nSPS) is 12.6. The molecule has 1 aliphatic rings. The van der Waals surface area contributed by atoms with Gasteiger partial charge in [-0.3, -0.25) is 4.90 Å². The van der Waals surface area contributed by atoms with Gasteiger partial charge in [0.1, 0.15) is 29.4 Å². The van der Waals surface area contributed by atoms with Gasteiger partial charge in [0, 0.05) is 41.4 Å². The Morgan fingerprint density at radius 2 is 1.72 bits per heavy atom. The number of benzene rings is 3. The zero-order chi connectivity index (χ0) is 33.2. The molecular weight excluding hydrogens is 651 g/mol. The van der Waals surface area contributed by atoms with Crippen LogP contribution in [0.1, 0.15) is 72.3 Å². The molecule has 11 heteroatoms. The summed E-state index contributed by atoms with van der Waals surface area (Å²) in [6.07, 6.45) is 1.45. The second kappa shape index (κ2) is 13.7. The molecule has 1 aromatic heterocycles. The van der Waals surface area contributed by atoms with Crippen LogP contribution in [0.4, 0.5) is 10.5 Å². The van der Waals surface area contributed by atoms with Gasteiger partial charge in [-0.05, 0) is 76.1 Å². The smallest absolute Gasteiger partial charge is 0.414 e. The summed E-state index contributed by atoms with van der Waals surface area (Å²) in [6.45, 7) is 5.49. The number of hydrogen-bond donors (Lipinski definition) is 0. The molecule has 1 aliphatic carbocycles. The van der Waals surface area contributed by atoms with Crippen LogP contribution in [-0.4, -0.2) is 37.0 Å². The summed E-state index contributed by atoms with van der Waals surface area (Å²) in [5.41, 5.74) is 2.88. The zero-order valence-corrected chi connectivity index (χ0v) is 28.1. The highest BCUT2D eigenvalue weighted by molar-refractivity contribution is 6.39. The lowest BCUT2D eigenvalue weighted by atomic mass is 10.0. The van der Waals surface area contributed by atoms with Crippen molar-refractivity contribution >= 4 is 52.6 Å². The van der Waals surface area contributed by atoms with Crippen LogP contribution in [0.3, 0.4) is 0 Å². The molecule has 0 saturated heterocycles. The van der Waals surface area contributed by atoms with E-state index < -0.39 is 17.7 Å². The van der Waals surface area contributed by atoms with Crippen molar-refractivity contribution in [2.45, 2.75) is 51.7 Å². The lowest BCUT2D eigenvalue weighted by Gasteiger charge is -2.25. The van der Waals surface area contributed by atoms with E-state index in [0.29, 0.717) is 48.9 Å². The summed E-state index contributed by atoms with van der Waals surface area (Å²) in [4.78, 5) is 26.4. The molecule has 238 valence electrons. The first-order chi connectivity index (χ1) is 21.8. The van der Waals surface area contributed by atoms with E-state index in [2.05, 4.69) is 17.0 Å². The molecule has 0 atom stereocenters. The minimum Gasteiger partial charge on any atom is -0.489 e. The van der Waals surface area contributed by atoms with Crippen molar-refractivity contribution in [1.82, 2.24) is 5.16 Å². The number of amides is 1. The summed E-state index contributed by atoms with van der Waals surface area (Å²) >= 11 is 19.6. The molecule has 0 N–H and O–H groups in total. The topological polar surface area (TPSA) is 91.1 Å². The summed E-state index contributed by atoms with van der Waals surface area (Å²) in [7, 11) is 2.83. The van der Waals surface area contributed by atoms with Gasteiger partial charge in [-0.1, -0.05) is 57.9 Å². The fourth-order valence-corrected chi connectivity index (χ4v) is 5.37. The van der Waals surface area contributed by atoms with Gasteiger partial charge in [-0.2, -0.15) is 0 Å². The summed E-state index contributed by atoms with van der Waals surface area (Å²) in [5.74, 6) is 7.07. The van der Waals surface area contributed by atoms with Crippen molar-refractivity contribution in [3.63, 3.8) is 0 Å². The predicted octanol–water partition coefficient (Wildman–Crippen LogP) is 9.32. The fourth-order valence-electron chi connectivity index (χ4n) is 4.58. The Kier molecular flexibility index (Phi) is 9.88. The van der Waals surface area contributed by atoms with Crippen molar-refractivity contribution in [1.29, 1.82) is 0 Å². The summed E-state index contributed by atoms with van der Waals surface area (Å²) in [5, 5.41) is 5.61. The van der Waals surface area contributed by atoms with Crippen LogP contribution in [0.15, 0.2) is 59.1 Å². The number of methoxy groups -OCH3 is 1. The molecule has 4 aromatic rings. The highest BCUT2D eigenvalue weighted by atomic mass is 35.5. The lowest BCUT2D eigenvalue weighted by Crippen LogP contribution is -2.34. The average molecular weight is 682 g/mol. The number of carbonyl (C=O) groups is 2. The van der Waals surface area contributed by atoms with Gasteiger partial charge in [0.15, 0.2) is 0 Å². The summed E-state index contributed by atoms with van der Waals surface area (Å²) < 4.78 is 22.2. The van der Waals surface area contributed by atoms with Crippen LogP contribution in [0.2, 0.25) is 15.1 Å². The first-order valence-electron chi connectivity index (χ1n) is 14.4. The number of hydrogen-bond acceptors (Lipinski definition) is 7. The number of anilines is 1. The van der Waals surface area contributed by atoms with Crippen molar-refractivity contribution in [3.8, 4) is 28.8 Å². The Hall–Kier alpha value is -4.16. The minimum absolute atomic E-state index is 0.168. The molecular formula is C35H31Cl3N2O6. The maximum Gasteiger partial charge on any atom is 0.414 e. The molecule has 0 aliphatic heterocycles. The van der Waals surface area contributed by atoms with Crippen molar-refractivity contribution in [3.05, 3.63) is 97.7 Å².